The molecule has 0 aliphatic carbocycles. The fourth-order valence-electron chi connectivity index (χ4n) is 2.61. The summed E-state index contributed by atoms with van der Waals surface area (Å²) in [4.78, 5) is 12.7. The monoisotopic (exact) mass is 277 g/mol. The van der Waals surface area contributed by atoms with Crippen molar-refractivity contribution in [3.05, 3.63) is 39.9 Å². The number of nitrogens with zero attached hydrogens (tertiary/aromatic N) is 2. The highest BCUT2D eigenvalue weighted by atomic mass is 16.6. The van der Waals surface area contributed by atoms with E-state index in [9.17, 15) is 10.1 Å². The second-order valence-electron chi connectivity index (χ2n) is 5.74. The Morgan fingerprint density at radius 2 is 2.10 bits per heavy atom. The van der Waals surface area contributed by atoms with Crippen molar-refractivity contribution in [2.24, 2.45) is 0 Å². The molecule has 1 aliphatic rings. The molecule has 2 rings (SSSR count). The predicted molar refractivity (Wildman–Crippen MR) is 79.7 cm³/mol. The molecule has 0 aromatic heterocycles. The van der Waals surface area contributed by atoms with E-state index >= 15 is 0 Å². The molecule has 1 N–H and O–H groups in total. The van der Waals surface area contributed by atoms with Crippen molar-refractivity contribution < 1.29 is 4.92 Å². The minimum absolute atomic E-state index is 0.155. The summed E-state index contributed by atoms with van der Waals surface area (Å²) in [5, 5.41) is 14.2. The van der Waals surface area contributed by atoms with Gasteiger partial charge in [-0.1, -0.05) is 12.1 Å². The summed E-state index contributed by atoms with van der Waals surface area (Å²) < 4.78 is 0. The Morgan fingerprint density at radius 3 is 2.60 bits per heavy atom. The van der Waals surface area contributed by atoms with E-state index < -0.39 is 0 Å². The van der Waals surface area contributed by atoms with Gasteiger partial charge < -0.3 is 5.32 Å². The van der Waals surface area contributed by atoms with Gasteiger partial charge in [0.25, 0.3) is 5.69 Å². The summed E-state index contributed by atoms with van der Waals surface area (Å²) in [5.74, 6) is 0. The van der Waals surface area contributed by atoms with Gasteiger partial charge in [-0.25, -0.2) is 0 Å². The molecule has 0 saturated carbocycles. The van der Waals surface area contributed by atoms with Crippen LogP contribution in [0.1, 0.15) is 32.3 Å². The van der Waals surface area contributed by atoms with Crippen molar-refractivity contribution in [2.75, 3.05) is 13.1 Å². The lowest BCUT2D eigenvalue weighted by molar-refractivity contribution is -0.384. The molecule has 5 heteroatoms. The van der Waals surface area contributed by atoms with Crippen LogP contribution >= 0.6 is 0 Å². The highest BCUT2D eigenvalue weighted by Crippen LogP contribution is 2.16. The molecule has 1 atom stereocenters. The zero-order valence-electron chi connectivity index (χ0n) is 12.2. The second kappa shape index (κ2) is 6.81. The van der Waals surface area contributed by atoms with Gasteiger partial charge in [0.1, 0.15) is 0 Å². The number of rotatable bonds is 6. The average Bonchev–Trinajstić information content (AvgIpc) is 2.91. The minimum Gasteiger partial charge on any atom is -0.313 e. The van der Waals surface area contributed by atoms with Crippen molar-refractivity contribution in [1.29, 1.82) is 0 Å². The number of nitro benzene ring substituents is 1. The molecule has 0 radical (unpaired) electrons. The number of nitrogens with one attached hydrogen (secondary N) is 1. The normalized spacial score (nSPS) is 18.9. The minimum atomic E-state index is -0.355. The van der Waals surface area contributed by atoms with Gasteiger partial charge in [0, 0.05) is 37.3 Å². The first-order valence-electron chi connectivity index (χ1n) is 7.27. The van der Waals surface area contributed by atoms with Crippen LogP contribution in [0.25, 0.3) is 0 Å². The summed E-state index contributed by atoms with van der Waals surface area (Å²) in [5.41, 5.74) is 1.28. The van der Waals surface area contributed by atoms with E-state index in [0.29, 0.717) is 12.1 Å². The van der Waals surface area contributed by atoms with E-state index in [0.717, 1.165) is 25.2 Å². The third-order valence-corrected chi connectivity index (χ3v) is 3.88. The third-order valence-electron chi connectivity index (χ3n) is 3.88. The lowest BCUT2D eigenvalue weighted by Gasteiger charge is -2.29. The maximum Gasteiger partial charge on any atom is 0.269 e. The average molecular weight is 277 g/mol. The Kier molecular flexibility index (Phi) is 5.09. The van der Waals surface area contributed by atoms with Crippen molar-refractivity contribution in [2.45, 2.75) is 45.3 Å². The molecule has 0 spiro atoms. The zero-order valence-corrected chi connectivity index (χ0v) is 12.2. The maximum absolute atomic E-state index is 10.7. The topological polar surface area (TPSA) is 58.4 Å². The smallest absolute Gasteiger partial charge is 0.269 e. The largest absolute Gasteiger partial charge is 0.313 e. The van der Waals surface area contributed by atoms with Crippen LogP contribution in [0.15, 0.2) is 24.3 Å². The Labute approximate surface area is 120 Å². The molecule has 1 fully saturated rings. The lowest BCUT2D eigenvalue weighted by Crippen LogP contribution is -2.40. The van der Waals surface area contributed by atoms with Crippen LogP contribution in [0, 0.1) is 10.1 Å². The number of hydrogen-bond donors (Lipinski definition) is 1. The van der Waals surface area contributed by atoms with Gasteiger partial charge in [-0.3, -0.25) is 15.0 Å². The van der Waals surface area contributed by atoms with Gasteiger partial charge in [-0.2, -0.15) is 0 Å². The molecule has 5 nitrogen and oxygen atoms in total. The standard InChI is InChI=1S/C15H23N3O2/c1-12(2)17(11-14-4-3-9-16-14)10-13-5-7-15(8-6-13)18(19)20/h5-8,12,14,16H,3-4,9-11H2,1-2H3. The van der Waals surface area contributed by atoms with Gasteiger partial charge in [0.15, 0.2) is 0 Å². The van der Waals surface area contributed by atoms with Gasteiger partial charge in [-0.05, 0) is 38.8 Å². The summed E-state index contributed by atoms with van der Waals surface area (Å²) in [7, 11) is 0. The molecule has 1 unspecified atom stereocenters. The van der Waals surface area contributed by atoms with Crippen molar-refractivity contribution in [1.82, 2.24) is 10.2 Å². The molecule has 1 heterocycles. The summed E-state index contributed by atoms with van der Waals surface area (Å²) in [6.07, 6.45) is 2.50. The molecule has 110 valence electrons. The van der Waals surface area contributed by atoms with Crippen LogP contribution in [-0.4, -0.2) is 35.0 Å². The summed E-state index contributed by atoms with van der Waals surface area (Å²) in [6.45, 7) is 7.39. The molecule has 20 heavy (non-hydrogen) atoms. The van der Waals surface area contributed by atoms with Gasteiger partial charge >= 0.3 is 0 Å². The van der Waals surface area contributed by atoms with E-state index in [1.807, 2.05) is 12.1 Å². The highest BCUT2D eigenvalue weighted by Gasteiger charge is 2.19. The maximum atomic E-state index is 10.7. The van der Waals surface area contributed by atoms with E-state index in [1.165, 1.54) is 12.8 Å². The number of non-ortho nitro benzene ring substituents is 1. The molecule has 0 bridgehead atoms. The first-order valence-corrected chi connectivity index (χ1v) is 7.27. The summed E-state index contributed by atoms with van der Waals surface area (Å²) >= 11 is 0. The molecule has 1 aromatic carbocycles. The molecular weight excluding hydrogens is 254 g/mol. The van der Waals surface area contributed by atoms with Crippen LogP contribution in [0.2, 0.25) is 0 Å². The van der Waals surface area contributed by atoms with Crippen LogP contribution in [0.3, 0.4) is 0 Å². The Balaban J connectivity index is 1.97. The second-order valence-corrected chi connectivity index (χ2v) is 5.74. The van der Waals surface area contributed by atoms with Gasteiger partial charge in [0.2, 0.25) is 0 Å². The summed E-state index contributed by atoms with van der Waals surface area (Å²) in [6, 6.07) is 7.93. The van der Waals surface area contributed by atoms with Crippen LogP contribution < -0.4 is 5.32 Å². The van der Waals surface area contributed by atoms with E-state index in [-0.39, 0.29) is 10.6 Å². The highest BCUT2D eigenvalue weighted by molar-refractivity contribution is 5.32. The van der Waals surface area contributed by atoms with E-state index in [4.69, 9.17) is 0 Å². The fraction of sp³-hybridized carbons (Fsp3) is 0.600. The first-order chi connectivity index (χ1) is 9.56. The zero-order chi connectivity index (χ0) is 14.5. The van der Waals surface area contributed by atoms with Crippen molar-refractivity contribution >= 4 is 5.69 Å². The molecule has 1 saturated heterocycles. The first kappa shape index (κ1) is 14.9. The van der Waals surface area contributed by atoms with Gasteiger partial charge in [-0.15, -0.1) is 0 Å². The number of hydrogen-bond acceptors (Lipinski definition) is 4. The predicted octanol–water partition coefficient (Wildman–Crippen LogP) is 2.56. The lowest BCUT2D eigenvalue weighted by atomic mass is 10.1. The molecule has 1 aliphatic heterocycles. The van der Waals surface area contributed by atoms with Crippen LogP contribution in [0.5, 0.6) is 0 Å². The van der Waals surface area contributed by atoms with Crippen molar-refractivity contribution in [3.63, 3.8) is 0 Å². The fourth-order valence-corrected chi connectivity index (χ4v) is 2.61. The molecule has 0 amide bonds. The Bertz CT molecular complexity index is 439. The Morgan fingerprint density at radius 1 is 1.40 bits per heavy atom. The van der Waals surface area contributed by atoms with Crippen LogP contribution in [-0.2, 0) is 6.54 Å². The SMILES string of the molecule is CC(C)N(Cc1ccc([N+](=O)[O-])cc1)CC1CCCN1. The number of benzene rings is 1. The van der Waals surface area contributed by atoms with E-state index in [2.05, 4.69) is 24.1 Å². The molecular formula is C15H23N3O2. The van der Waals surface area contributed by atoms with Crippen LogP contribution in [0.4, 0.5) is 5.69 Å². The van der Waals surface area contributed by atoms with E-state index in [1.54, 1.807) is 12.1 Å². The Hall–Kier alpha value is -1.46. The van der Waals surface area contributed by atoms with Crippen molar-refractivity contribution in [3.8, 4) is 0 Å². The molecule has 1 aromatic rings. The third kappa shape index (κ3) is 4.02. The van der Waals surface area contributed by atoms with Gasteiger partial charge in [0.05, 0.1) is 4.92 Å². The number of nitro groups is 1. The quantitative estimate of drug-likeness (QED) is 0.641.